The minimum atomic E-state index is -0.475. The van der Waals surface area contributed by atoms with Crippen LogP contribution in [0, 0.1) is 0 Å². The number of oxime groups is 1. The molecule has 0 amide bonds. The van der Waals surface area contributed by atoms with E-state index in [0.717, 1.165) is 5.56 Å². The Hall–Kier alpha value is -1.42. The van der Waals surface area contributed by atoms with Crippen molar-refractivity contribution in [3.05, 3.63) is 48.0 Å². The molecule has 1 aromatic rings. The molecule has 0 spiro atoms. The van der Waals surface area contributed by atoms with E-state index < -0.39 is 5.97 Å². The maximum atomic E-state index is 11.1. The van der Waals surface area contributed by atoms with Gasteiger partial charge in [-0.1, -0.05) is 57.5 Å². The molecule has 0 aromatic heterocycles. The monoisotopic (exact) mass is 281 g/mol. The van der Waals surface area contributed by atoms with Gasteiger partial charge < -0.3 is 4.84 Å². The smallest absolute Gasteiger partial charge is 0.313 e. The average Bonchev–Trinajstić information content (AvgIpc) is 2.31. The van der Waals surface area contributed by atoms with Crippen molar-refractivity contribution >= 4 is 27.6 Å². The molecule has 0 N–H and O–H groups in total. The van der Waals surface area contributed by atoms with Crippen molar-refractivity contribution in [2.75, 3.05) is 5.33 Å². The molecule has 0 aliphatic rings. The van der Waals surface area contributed by atoms with E-state index in [9.17, 15) is 4.79 Å². The maximum absolute atomic E-state index is 11.1. The highest BCUT2D eigenvalue weighted by Crippen LogP contribution is 2.04. The first-order valence-corrected chi connectivity index (χ1v) is 5.92. The number of halogens is 1. The third-order valence-electron chi connectivity index (χ3n) is 1.78. The molecule has 0 atom stereocenters. The van der Waals surface area contributed by atoms with Gasteiger partial charge in [-0.25, -0.2) is 4.79 Å². The summed E-state index contributed by atoms with van der Waals surface area (Å²) in [5.74, 6) is -0.475. The molecule has 0 fully saturated rings. The fourth-order valence-electron chi connectivity index (χ4n) is 1.05. The van der Waals surface area contributed by atoms with Crippen LogP contribution in [0.25, 0.3) is 0 Å². The highest BCUT2D eigenvalue weighted by molar-refractivity contribution is 9.09. The number of carbonyl (C=O) groups excluding carboxylic acids is 1. The van der Waals surface area contributed by atoms with Gasteiger partial charge in [-0.15, -0.1) is 0 Å². The van der Waals surface area contributed by atoms with Crippen LogP contribution in [-0.4, -0.2) is 17.0 Å². The first kappa shape index (κ1) is 12.6. The Labute approximate surface area is 103 Å². The standard InChI is InChI=1S/C12H12BrNO2/c1-2-6-12(15)16-14-11(9-13)10-7-4-3-5-8-10/h2-8H,9H2,1H3. The van der Waals surface area contributed by atoms with Gasteiger partial charge in [0.1, 0.15) is 0 Å². The van der Waals surface area contributed by atoms with E-state index in [0.29, 0.717) is 11.0 Å². The number of hydrogen-bond acceptors (Lipinski definition) is 3. The van der Waals surface area contributed by atoms with E-state index in [-0.39, 0.29) is 0 Å². The molecule has 0 saturated carbocycles. The zero-order valence-electron chi connectivity index (χ0n) is 8.89. The molecule has 1 rings (SSSR count). The lowest BCUT2D eigenvalue weighted by Gasteiger charge is -2.01. The van der Waals surface area contributed by atoms with Crippen molar-refractivity contribution < 1.29 is 9.63 Å². The first-order valence-electron chi connectivity index (χ1n) is 4.80. The fraction of sp³-hybridized carbons (Fsp3) is 0.167. The predicted octanol–water partition coefficient (Wildman–Crippen LogP) is 2.90. The molecule has 0 aliphatic carbocycles. The summed E-state index contributed by atoms with van der Waals surface area (Å²) in [4.78, 5) is 15.8. The van der Waals surface area contributed by atoms with Crippen LogP contribution < -0.4 is 0 Å². The molecule has 0 unspecified atom stereocenters. The Morgan fingerprint density at radius 3 is 2.69 bits per heavy atom. The second kappa shape index (κ2) is 6.95. The van der Waals surface area contributed by atoms with E-state index >= 15 is 0 Å². The molecule has 0 heterocycles. The number of hydrogen-bond donors (Lipinski definition) is 0. The molecule has 0 radical (unpaired) electrons. The molecule has 3 nitrogen and oxygen atoms in total. The lowest BCUT2D eigenvalue weighted by Crippen LogP contribution is -2.05. The van der Waals surface area contributed by atoms with Gasteiger partial charge in [0, 0.05) is 17.0 Å². The molecule has 1 aromatic carbocycles. The van der Waals surface area contributed by atoms with Gasteiger partial charge in [-0.3, -0.25) is 0 Å². The second-order valence-electron chi connectivity index (χ2n) is 2.95. The van der Waals surface area contributed by atoms with Crippen LogP contribution in [0.15, 0.2) is 47.6 Å². The summed E-state index contributed by atoms with van der Waals surface area (Å²) >= 11 is 3.30. The zero-order chi connectivity index (χ0) is 11.8. The molecule has 16 heavy (non-hydrogen) atoms. The minimum Gasteiger partial charge on any atom is -0.313 e. The van der Waals surface area contributed by atoms with E-state index in [4.69, 9.17) is 4.84 Å². The lowest BCUT2D eigenvalue weighted by atomic mass is 10.1. The van der Waals surface area contributed by atoms with Gasteiger partial charge in [0.05, 0.1) is 5.71 Å². The Morgan fingerprint density at radius 1 is 1.44 bits per heavy atom. The quantitative estimate of drug-likeness (QED) is 0.280. The van der Waals surface area contributed by atoms with E-state index in [1.807, 2.05) is 30.3 Å². The summed E-state index contributed by atoms with van der Waals surface area (Å²) in [7, 11) is 0. The summed E-state index contributed by atoms with van der Waals surface area (Å²) in [5, 5.41) is 4.33. The number of nitrogens with zero attached hydrogens (tertiary/aromatic N) is 1. The topological polar surface area (TPSA) is 38.7 Å². The number of benzene rings is 1. The molecule has 0 saturated heterocycles. The lowest BCUT2D eigenvalue weighted by molar-refractivity contribution is -0.137. The number of alkyl halides is 1. The third-order valence-corrected chi connectivity index (χ3v) is 2.31. The number of carbonyl (C=O) groups is 1. The predicted molar refractivity (Wildman–Crippen MR) is 67.7 cm³/mol. The Kier molecular flexibility index (Phi) is 5.50. The van der Waals surface area contributed by atoms with Crippen molar-refractivity contribution in [1.29, 1.82) is 0 Å². The van der Waals surface area contributed by atoms with E-state index in [1.165, 1.54) is 6.08 Å². The normalized spacial score (nSPS) is 11.8. The summed E-state index contributed by atoms with van der Waals surface area (Å²) in [6, 6.07) is 9.54. The van der Waals surface area contributed by atoms with Gasteiger partial charge in [-0.05, 0) is 6.92 Å². The summed E-state index contributed by atoms with van der Waals surface area (Å²) < 4.78 is 0. The van der Waals surface area contributed by atoms with Gasteiger partial charge >= 0.3 is 5.97 Å². The SMILES string of the molecule is CC=CC(=O)ON=C(CBr)c1ccccc1. The summed E-state index contributed by atoms with van der Waals surface area (Å²) in [6.45, 7) is 1.74. The molecule has 4 heteroatoms. The van der Waals surface area contributed by atoms with Crippen LogP contribution >= 0.6 is 15.9 Å². The average molecular weight is 282 g/mol. The van der Waals surface area contributed by atoms with Gasteiger partial charge in [0.25, 0.3) is 0 Å². The van der Waals surface area contributed by atoms with Gasteiger partial charge in [0.15, 0.2) is 0 Å². The largest absolute Gasteiger partial charge is 0.358 e. The van der Waals surface area contributed by atoms with Crippen LogP contribution in [0.1, 0.15) is 12.5 Å². The van der Waals surface area contributed by atoms with Crippen molar-refractivity contribution in [1.82, 2.24) is 0 Å². The Bertz CT molecular complexity index is 399. The van der Waals surface area contributed by atoms with E-state index in [1.54, 1.807) is 13.0 Å². The molecular weight excluding hydrogens is 270 g/mol. The van der Waals surface area contributed by atoms with Crippen LogP contribution in [0.2, 0.25) is 0 Å². The summed E-state index contributed by atoms with van der Waals surface area (Å²) in [6.07, 6.45) is 2.93. The molecule has 0 bridgehead atoms. The Balaban J connectivity index is 2.75. The number of allylic oxidation sites excluding steroid dienone is 1. The van der Waals surface area contributed by atoms with Crippen LogP contribution in [0.4, 0.5) is 0 Å². The van der Waals surface area contributed by atoms with Gasteiger partial charge in [-0.2, -0.15) is 0 Å². The zero-order valence-corrected chi connectivity index (χ0v) is 10.5. The first-order chi connectivity index (χ1) is 7.77. The van der Waals surface area contributed by atoms with Crippen molar-refractivity contribution in [3.8, 4) is 0 Å². The fourth-order valence-corrected chi connectivity index (χ4v) is 1.48. The van der Waals surface area contributed by atoms with Crippen LogP contribution in [-0.2, 0) is 9.63 Å². The Morgan fingerprint density at radius 2 is 2.12 bits per heavy atom. The third kappa shape index (κ3) is 3.98. The van der Waals surface area contributed by atoms with Crippen molar-refractivity contribution in [2.45, 2.75) is 6.92 Å². The highest BCUT2D eigenvalue weighted by Gasteiger charge is 2.03. The second-order valence-corrected chi connectivity index (χ2v) is 3.51. The number of rotatable bonds is 4. The minimum absolute atomic E-state index is 0.475. The molecule has 84 valence electrons. The van der Waals surface area contributed by atoms with Crippen molar-refractivity contribution in [2.24, 2.45) is 5.16 Å². The van der Waals surface area contributed by atoms with Crippen molar-refractivity contribution in [3.63, 3.8) is 0 Å². The van der Waals surface area contributed by atoms with E-state index in [2.05, 4.69) is 21.1 Å². The van der Waals surface area contributed by atoms with Crippen LogP contribution in [0.3, 0.4) is 0 Å². The molecular formula is C12H12BrNO2. The van der Waals surface area contributed by atoms with Gasteiger partial charge in [0.2, 0.25) is 0 Å². The highest BCUT2D eigenvalue weighted by atomic mass is 79.9. The molecule has 0 aliphatic heterocycles. The van der Waals surface area contributed by atoms with Crippen LogP contribution in [0.5, 0.6) is 0 Å². The summed E-state index contributed by atoms with van der Waals surface area (Å²) in [5.41, 5.74) is 1.60. The maximum Gasteiger partial charge on any atom is 0.358 e.